The Hall–Kier alpha value is -2.56. The van der Waals surface area contributed by atoms with Gasteiger partial charge in [-0.05, 0) is 30.3 Å². The second-order valence-electron chi connectivity index (χ2n) is 5.94. The Kier molecular flexibility index (Phi) is 5.92. The van der Waals surface area contributed by atoms with E-state index < -0.39 is 10.0 Å². The maximum Gasteiger partial charge on any atom is 0.257 e. The lowest BCUT2D eigenvalue weighted by Crippen LogP contribution is -2.23. The number of anilines is 1. The number of hydrogen-bond acceptors (Lipinski definition) is 7. The number of para-hydroxylation sites is 2. The van der Waals surface area contributed by atoms with Gasteiger partial charge in [0.15, 0.2) is 5.58 Å². The number of ether oxygens (including phenoxy) is 1. The summed E-state index contributed by atoms with van der Waals surface area (Å²) >= 11 is 1.15. The van der Waals surface area contributed by atoms with Crippen LogP contribution < -0.4 is 10.1 Å². The second kappa shape index (κ2) is 8.21. The van der Waals surface area contributed by atoms with Crippen molar-refractivity contribution in [3.8, 4) is 5.75 Å². The Morgan fingerprint density at radius 1 is 1.25 bits per heavy atom. The summed E-state index contributed by atoms with van der Waals surface area (Å²) in [7, 11) is 0.522. The average molecular weight is 422 g/mol. The summed E-state index contributed by atoms with van der Waals surface area (Å²) in [5.74, 6) is -0.0487. The minimum Gasteiger partial charge on any atom is -0.495 e. The summed E-state index contributed by atoms with van der Waals surface area (Å²) in [6.07, 6.45) is 0. The first-order valence-electron chi connectivity index (χ1n) is 8.20. The molecule has 3 rings (SSSR count). The van der Waals surface area contributed by atoms with Gasteiger partial charge in [-0.1, -0.05) is 23.9 Å². The van der Waals surface area contributed by atoms with Crippen LogP contribution in [-0.2, 0) is 14.8 Å². The fourth-order valence-corrected chi connectivity index (χ4v) is 4.10. The molecule has 0 unspecified atom stereocenters. The number of benzene rings is 2. The van der Waals surface area contributed by atoms with Crippen LogP contribution in [0, 0.1) is 0 Å². The van der Waals surface area contributed by atoms with Crippen LogP contribution in [-0.4, -0.2) is 50.6 Å². The molecule has 0 fully saturated rings. The fraction of sp³-hybridized carbons (Fsp3) is 0.222. The first-order valence-corrected chi connectivity index (χ1v) is 10.6. The van der Waals surface area contributed by atoms with Gasteiger partial charge in [0, 0.05) is 19.8 Å². The monoisotopic (exact) mass is 421 g/mol. The molecule has 0 aliphatic rings. The van der Waals surface area contributed by atoms with Crippen molar-refractivity contribution in [2.24, 2.45) is 0 Å². The van der Waals surface area contributed by atoms with E-state index in [1.54, 1.807) is 12.1 Å². The van der Waals surface area contributed by atoms with Gasteiger partial charge in [0.25, 0.3) is 5.22 Å². The quantitative estimate of drug-likeness (QED) is 0.585. The molecular weight excluding hydrogens is 402 g/mol. The van der Waals surface area contributed by atoms with Crippen LogP contribution in [0.25, 0.3) is 11.1 Å². The predicted octanol–water partition coefficient (Wildman–Crippen LogP) is 2.82. The van der Waals surface area contributed by atoms with Gasteiger partial charge in [0.1, 0.15) is 16.2 Å². The summed E-state index contributed by atoms with van der Waals surface area (Å²) in [4.78, 5) is 16.5. The Bertz CT molecular complexity index is 1080. The zero-order chi connectivity index (χ0) is 20.3. The third kappa shape index (κ3) is 4.29. The molecular formula is C18H19N3O5S2. The van der Waals surface area contributed by atoms with E-state index in [4.69, 9.17) is 9.15 Å². The van der Waals surface area contributed by atoms with Crippen molar-refractivity contribution in [3.63, 3.8) is 0 Å². The normalized spacial score (nSPS) is 11.7. The third-order valence-corrected chi connectivity index (χ3v) is 6.47. The summed E-state index contributed by atoms with van der Waals surface area (Å²) < 4.78 is 36.7. The molecule has 1 N–H and O–H groups in total. The number of thioether (sulfide) groups is 1. The van der Waals surface area contributed by atoms with Crippen molar-refractivity contribution in [1.29, 1.82) is 0 Å². The van der Waals surface area contributed by atoms with E-state index in [-0.39, 0.29) is 22.3 Å². The number of nitrogens with zero attached hydrogens (tertiary/aromatic N) is 2. The van der Waals surface area contributed by atoms with E-state index in [1.165, 1.54) is 33.3 Å². The molecule has 0 bridgehead atoms. The smallest absolute Gasteiger partial charge is 0.257 e. The number of rotatable bonds is 7. The maximum atomic E-state index is 12.5. The zero-order valence-corrected chi connectivity index (χ0v) is 17.1. The number of oxazole rings is 1. The SMILES string of the molecule is COc1ccc(NC(=O)CSc2nc3ccccc3o2)cc1S(=O)(=O)N(C)C. The molecule has 0 atom stereocenters. The number of carbonyl (C=O) groups excluding carboxylic acids is 1. The molecule has 1 heterocycles. The van der Waals surface area contributed by atoms with Crippen LogP contribution >= 0.6 is 11.8 Å². The van der Waals surface area contributed by atoms with Crippen LogP contribution in [0.1, 0.15) is 0 Å². The maximum absolute atomic E-state index is 12.5. The largest absolute Gasteiger partial charge is 0.495 e. The number of amides is 1. The van der Waals surface area contributed by atoms with Gasteiger partial charge in [-0.3, -0.25) is 4.79 Å². The van der Waals surface area contributed by atoms with Crippen LogP contribution in [0.3, 0.4) is 0 Å². The van der Waals surface area contributed by atoms with Crippen LogP contribution in [0.5, 0.6) is 5.75 Å². The molecule has 0 aliphatic heterocycles. The Balaban J connectivity index is 1.71. The Morgan fingerprint density at radius 3 is 2.68 bits per heavy atom. The molecule has 0 spiro atoms. The first kappa shape index (κ1) is 20.2. The van der Waals surface area contributed by atoms with Crippen molar-refractivity contribution in [2.75, 3.05) is 32.3 Å². The highest BCUT2D eigenvalue weighted by molar-refractivity contribution is 7.99. The highest BCUT2D eigenvalue weighted by Gasteiger charge is 2.23. The number of methoxy groups -OCH3 is 1. The number of hydrogen-bond donors (Lipinski definition) is 1. The lowest BCUT2D eigenvalue weighted by molar-refractivity contribution is -0.113. The van der Waals surface area contributed by atoms with Crippen molar-refractivity contribution in [3.05, 3.63) is 42.5 Å². The number of fused-ring (bicyclic) bond motifs is 1. The minimum absolute atomic E-state index is 0.0237. The van der Waals surface area contributed by atoms with E-state index >= 15 is 0 Å². The van der Waals surface area contributed by atoms with Crippen LogP contribution in [0.2, 0.25) is 0 Å². The van der Waals surface area contributed by atoms with Gasteiger partial charge in [-0.15, -0.1) is 0 Å². The molecule has 0 aliphatic carbocycles. The average Bonchev–Trinajstić information content (AvgIpc) is 3.09. The molecule has 28 heavy (non-hydrogen) atoms. The topological polar surface area (TPSA) is 102 Å². The molecule has 148 valence electrons. The van der Waals surface area contributed by atoms with Gasteiger partial charge in [0.2, 0.25) is 15.9 Å². The molecule has 10 heteroatoms. The number of aromatic nitrogens is 1. The Morgan fingerprint density at radius 2 is 2.00 bits per heavy atom. The van der Waals surface area contributed by atoms with Crippen molar-refractivity contribution in [1.82, 2.24) is 9.29 Å². The lowest BCUT2D eigenvalue weighted by Gasteiger charge is -2.15. The van der Waals surface area contributed by atoms with Crippen molar-refractivity contribution >= 4 is 44.5 Å². The van der Waals surface area contributed by atoms with Gasteiger partial charge in [-0.25, -0.2) is 17.7 Å². The zero-order valence-electron chi connectivity index (χ0n) is 15.5. The van der Waals surface area contributed by atoms with Crippen LogP contribution in [0.4, 0.5) is 5.69 Å². The number of nitrogens with one attached hydrogen (secondary N) is 1. The first-order chi connectivity index (χ1) is 13.3. The van der Waals surface area contributed by atoms with Gasteiger partial charge in [0.05, 0.1) is 12.9 Å². The number of carbonyl (C=O) groups is 1. The summed E-state index contributed by atoms with van der Waals surface area (Å²) in [6.45, 7) is 0. The molecule has 0 radical (unpaired) electrons. The molecule has 0 saturated carbocycles. The fourth-order valence-electron chi connectivity index (χ4n) is 2.39. The summed E-state index contributed by atoms with van der Waals surface area (Å²) in [5, 5.41) is 3.07. The van der Waals surface area contributed by atoms with E-state index in [9.17, 15) is 13.2 Å². The highest BCUT2D eigenvalue weighted by Crippen LogP contribution is 2.29. The number of sulfonamides is 1. The molecule has 2 aromatic carbocycles. The molecule has 3 aromatic rings. The molecule has 1 aromatic heterocycles. The van der Waals surface area contributed by atoms with E-state index in [0.29, 0.717) is 16.5 Å². The van der Waals surface area contributed by atoms with Crippen molar-refractivity contribution in [2.45, 2.75) is 10.1 Å². The second-order valence-corrected chi connectivity index (χ2v) is 8.98. The molecule has 8 nitrogen and oxygen atoms in total. The third-order valence-electron chi connectivity index (χ3n) is 3.81. The van der Waals surface area contributed by atoms with E-state index in [0.717, 1.165) is 21.6 Å². The van der Waals surface area contributed by atoms with E-state index in [1.807, 2.05) is 18.2 Å². The standard InChI is InChI=1S/C18H19N3O5S2/c1-21(2)28(23,24)16-10-12(8-9-15(16)25-3)19-17(22)11-27-18-20-13-6-4-5-7-14(13)26-18/h4-10H,11H2,1-3H3,(H,19,22). The minimum atomic E-state index is -3.72. The molecule has 0 saturated heterocycles. The Labute approximate surface area is 166 Å². The van der Waals surface area contributed by atoms with Gasteiger partial charge >= 0.3 is 0 Å². The van der Waals surface area contributed by atoms with Crippen LogP contribution in [0.15, 0.2) is 57.0 Å². The van der Waals surface area contributed by atoms with Crippen molar-refractivity contribution < 1.29 is 22.4 Å². The summed E-state index contributed by atoms with van der Waals surface area (Å²) in [6, 6.07) is 11.8. The lowest BCUT2D eigenvalue weighted by atomic mass is 10.3. The predicted molar refractivity (Wildman–Crippen MR) is 107 cm³/mol. The molecule has 1 amide bonds. The summed E-state index contributed by atoms with van der Waals surface area (Å²) in [5.41, 5.74) is 1.72. The van der Waals surface area contributed by atoms with Gasteiger partial charge < -0.3 is 14.5 Å². The van der Waals surface area contributed by atoms with Gasteiger partial charge in [-0.2, -0.15) is 0 Å². The highest BCUT2D eigenvalue weighted by atomic mass is 32.2. The van der Waals surface area contributed by atoms with E-state index in [2.05, 4.69) is 10.3 Å².